The Labute approximate surface area is 221 Å². The lowest BCUT2D eigenvalue weighted by atomic mass is 9.93. The number of ether oxygens (including phenoxy) is 2. The van der Waals surface area contributed by atoms with Crippen LogP contribution in [0.5, 0.6) is 5.88 Å². The van der Waals surface area contributed by atoms with Gasteiger partial charge in [0.1, 0.15) is 6.10 Å². The van der Waals surface area contributed by atoms with Gasteiger partial charge in [-0.25, -0.2) is 18.5 Å². The number of aromatic nitrogens is 4. The molecular formula is C28H29N5O4S. The molecule has 1 aliphatic carbocycles. The monoisotopic (exact) mass is 531 g/mol. The van der Waals surface area contributed by atoms with Crippen molar-refractivity contribution in [3.05, 3.63) is 71.4 Å². The van der Waals surface area contributed by atoms with Gasteiger partial charge in [0.15, 0.2) is 0 Å². The molecule has 0 amide bonds. The number of aromatic amines is 1. The van der Waals surface area contributed by atoms with E-state index in [4.69, 9.17) is 9.47 Å². The minimum absolute atomic E-state index is 0.0865. The van der Waals surface area contributed by atoms with E-state index in [9.17, 15) is 8.42 Å². The zero-order valence-corrected chi connectivity index (χ0v) is 21.9. The number of pyridine rings is 1. The number of aryl methyl sites for hydroxylation is 2. The molecule has 3 heterocycles. The van der Waals surface area contributed by atoms with Crippen LogP contribution in [-0.4, -0.2) is 47.9 Å². The first-order chi connectivity index (χ1) is 18.5. The van der Waals surface area contributed by atoms with Crippen molar-refractivity contribution in [3.8, 4) is 17.0 Å². The van der Waals surface area contributed by atoms with E-state index in [0.717, 1.165) is 54.5 Å². The number of nitrogens with one attached hydrogen (secondary N) is 2. The summed E-state index contributed by atoms with van der Waals surface area (Å²) in [6.07, 6.45) is 6.51. The molecule has 0 atom stereocenters. The second kappa shape index (κ2) is 10.2. The average Bonchev–Trinajstić information content (AvgIpc) is 3.60. The summed E-state index contributed by atoms with van der Waals surface area (Å²) in [7, 11) is -3.82. The van der Waals surface area contributed by atoms with Crippen LogP contribution >= 0.6 is 0 Å². The van der Waals surface area contributed by atoms with Gasteiger partial charge in [-0.2, -0.15) is 4.98 Å². The largest absolute Gasteiger partial charge is 0.474 e. The molecule has 2 N–H and O–H groups in total. The Balaban J connectivity index is 1.36. The Hall–Kier alpha value is -3.76. The zero-order chi connectivity index (χ0) is 26.1. The van der Waals surface area contributed by atoms with E-state index in [1.165, 1.54) is 11.1 Å². The summed E-state index contributed by atoms with van der Waals surface area (Å²) < 4.78 is 37.7. The summed E-state index contributed by atoms with van der Waals surface area (Å²) in [4.78, 5) is 8.94. The van der Waals surface area contributed by atoms with E-state index >= 15 is 0 Å². The summed E-state index contributed by atoms with van der Waals surface area (Å²) in [6.45, 7) is 3.48. The Kier molecular flexibility index (Phi) is 6.59. The second-order valence-electron chi connectivity index (χ2n) is 9.65. The molecule has 0 radical (unpaired) electrons. The Morgan fingerprint density at radius 1 is 1.08 bits per heavy atom. The smallest absolute Gasteiger partial charge is 0.249 e. The van der Waals surface area contributed by atoms with Gasteiger partial charge in [0.2, 0.25) is 26.8 Å². The molecule has 1 fully saturated rings. The lowest BCUT2D eigenvalue weighted by Crippen LogP contribution is -2.26. The number of benzene rings is 2. The average molecular weight is 532 g/mol. The molecular weight excluding hydrogens is 502 g/mol. The Morgan fingerprint density at radius 2 is 1.89 bits per heavy atom. The molecule has 38 heavy (non-hydrogen) atoms. The molecule has 9 nitrogen and oxygen atoms in total. The van der Waals surface area contributed by atoms with Gasteiger partial charge < -0.3 is 14.8 Å². The Bertz CT molecular complexity index is 1560. The van der Waals surface area contributed by atoms with Crippen LogP contribution < -0.4 is 10.1 Å². The van der Waals surface area contributed by atoms with Crippen LogP contribution in [-0.2, 0) is 27.4 Å². The van der Waals surface area contributed by atoms with Crippen molar-refractivity contribution in [2.24, 2.45) is 0 Å². The molecule has 1 saturated heterocycles. The highest BCUT2D eigenvalue weighted by Gasteiger charge is 2.26. The first-order valence-corrected chi connectivity index (χ1v) is 14.3. The maximum atomic E-state index is 13.0. The summed E-state index contributed by atoms with van der Waals surface area (Å²) in [5, 5.41) is 9.98. The second-order valence-corrected chi connectivity index (χ2v) is 11.5. The number of hydrogen-bond acceptors (Lipinski definition) is 8. The van der Waals surface area contributed by atoms with Crippen LogP contribution in [0.3, 0.4) is 0 Å². The van der Waals surface area contributed by atoms with Gasteiger partial charge in [0.05, 0.1) is 23.8 Å². The number of fused-ring (bicyclic) bond motifs is 1. The number of sulfone groups is 1. The lowest BCUT2D eigenvalue weighted by Gasteiger charge is -2.23. The zero-order valence-electron chi connectivity index (χ0n) is 21.1. The van der Waals surface area contributed by atoms with Crippen molar-refractivity contribution >= 4 is 21.5 Å². The number of H-pyrrole nitrogens is 1. The quantitative estimate of drug-likeness (QED) is 0.349. The molecule has 0 bridgehead atoms. The van der Waals surface area contributed by atoms with E-state index < -0.39 is 9.84 Å². The number of rotatable bonds is 7. The van der Waals surface area contributed by atoms with Crippen molar-refractivity contribution in [3.63, 3.8) is 0 Å². The fourth-order valence-corrected chi connectivity index (χ4v) is 6.35. The highest BCUT2D eigenvalue weighted by molar-refractivity contribution is 7.91. The SMILES string of the molecule is Cc1cc2c(c(Nc3n[nH]c(S(=O)(=O)c4ccccc4)n3)c1-c1ccnc(OC3CCOCC3)c1)CCC2. The van der Waals surface area contributed by atoms with Crippen LogP contribution in [0.25, 0.3) is 11.1 Å². The molecule has 2 aromatic carbocycles. The molecule has 4 aromatic rings. The molecule has 2 aliphatic rings. The standard InChI is InChI=1S/C28H29N5O4S/c1-18-16-19-6-5-9-23(19)26(25(18)20-10-13-29-24(17-20)37-21-11-14-36-15-12-21)30-27-31-28(33-32-27)38(34,35)22-7-3-2-4-8-22/h2-4,7-8,10,13,16-17,21H,5-6,9,11-12,14-15H2,1H3,(H2,30,31,32,33). The molecule has 2 aromatic heterocycles. The van der Waals surface area contributed by atoms with Gasteiger partial charge in [-0.05, 0) is 66.6 Å². The van der Waals surface area contributed by atoms with Crippen LogP contribution in [0, 0.1) is 6.92 Å². The third-order valence-electron chi connectivity index (χ3n) is 7.09. The van der Waals surface area contributed by atoms with E-state index in [1.807, 2.05) is 12.1 Å². The minimum atomic E-state index is -3.82. The first-order valence-electron chi connectivity index (χ1n) is 12.8. The third-order valence-corrected chi connectivity index (χ3v) is 8.67. The van der Waals surface area contributed by atoms with Crippen molar-refractivity contribution in [1.29, 1.82) is 0 Å². The van der Waals surface area contributed by atoms with Crippen molar-refractivity contribution in [2.45, 2.75) is 55.2 Å². The topological polar surface area (TPSA) is 119 Å². The van der Waals surface area contributed by atoms with Gasteiger partial charge in [0, 0.05) is 30.7 Å². The normalized spacial score (nSPS) is 15.8. The Morgan fingerprint density at radius 3 is 2.71 bits per heavy atom. The minimum Gasteiger partial charge on any atom is -0.474 e. The predicted octanol–water partition coefficient (Wildman–Crippen LogP) is 4.80. The number of nitrogens with zero attached hydrogens (tertiary/aromatic N) is 3. The molecule has 0 spiro atoms. The maximum absolute atomic E-state index is 13.0. The van der Waals surface area contributed by atoms with Gasteiger partial charge in [-0.1, -0.05) is 24.3 Å². The summed E-state index contributed by atoms with van der Waals surface area (Å²) >= 11 is 0. The van der Waals surface area contributed by atoms with E-state index in [-0.39, 0.29) is 22.1 Å². The lowest BCUT2D eigenvalue weighted by molar-refractivity contribution is 0.0237. The summed E-state index contributed by atoms with van der Waals surface area (Å²) in [6, 6.07) is 14.4. The van der Waals surface area contributed by atoms with Crippen LogP contribution in [0.4, 0.5) is 11.6 Å². The van der Waals surface area contributed by atoms with Crippen LogP contribution in [0.1, 0.15) is 36.0 Å². The van der Waals surface area contributed by atoms with Gasteiger partial charge in [-0.3, -0.25) is 0 Å². The summed E-state index contributed by atoms with van der Waals surface area (Å²) in [5.74, 6) is 0.780. The number of anilines is 2. The van der Waals surface area contributed by atoms with Crippen molar-refractivity contribution < 1.29 is 17.9 Å². The molecule has 10 heteroatoms. The van der Waals surface area contributed by atoms with Crippen molar-refractivity contribution in [1.82, 2.24) is 20.2 Å². The predicted molar refractivity (Wildman–Crippen MR) is 142 cm³/mol. The first kappa shape index (κ1) is 24.6. The van der Waals surface area contributed by atoms with E-state index in [1.54, 1.807) is 36.5 Å². The maximum Gasteiger partial charge on any atom is 0.249 e. The third kappa shape index (κ3) is 4.77. The van der Waals surface area contributed by atoms with Gasteiger partial charge >= 0.3 is 0 Å². The molecule has 0 saturated carbocycles. The fourth-order valence-electron chi connectivity index (χ4n) is 5.24. The molecule has 6 rings (SSSR count). The summed E-state index contributed by atoms with van der Waals surface area (Å²) in [5.41, 5.74) is 6.44. The molecule has 196 valence electrons. The van der Waals surface area contributed by atoms with E-state index in [2.05, 4.69) is 38.5 Å². The molecule has 1 aliphatic heterocycles. The van der Waals surface area contributed by atoms with Crippen molar-refractivity contribution in [2.75, 3.05) is 18.5 Å². The van der Waals surface area contributed by atoms with Gasteiger partial charge in [-0.15, -0.1) is 5.10 Å². The highest BCUT2D eigenvalue weighted by Crippen LogP contribution is 2.41. The van der Waals surface area contributed by atoms with Crippen LogP contribution in [0.15, 0.2) is 64.8 Å². The van der Waals surface area contributed by atoms with E-state index in [0.29, 0.717) is 19.1 Å². The highest BCUT2D eigenvalue weighted by atomic mass is 32.2. The van der Waals surface area contributed by atoms with Gasteiger partial charge in [0.25, 0.3) is 0 Å². The number of hydrogen-bond donors (Lipinski definition) is 2. The van der Waals surface area contributed by atoms with Crippen LogP contribution in [0.2, 0.25) is 0 Å². The molecule has 0 unspecified atom stereocenters. The fraction of sp³-hybridized carbons (Fsp3) is 0.321.